The molecule has 9 nitrogen and oxygen atoms in total. The van der Waals surface area contributed by atoms with Gasteiger partial charge in [-0.3, -0.25) is 9.48 Å². The Hall–Kier alpha value is -3.53. The summed E-state index contributed by atoms with van der Waals surface area (Å²) in [6, 6.07) is 6.21. The lowest BCUT2D eigenvalue weighted by Crippen LogP contribution is -2.43. The quantitative estimate of drug-likeness (QED) is 0.598. The van der Waals surface area contributed by atoms with Crippen molar-refractivity contribution in [3.8, 4) is 11.3 Å². The Labute approximate surface area is 172 Å². The van der Waals surface area contributed by atoms with Gasteiger partial charge in [-0.25, -0.2) is 14.4 Å². The van der Waals surface area contributed by atoms with Gasteiger partial charge in [0.2, 0.25) is 0 Å². The zero-order valence-corrected chi connectivity index (χ0v) is 16.5. The minimum atomic E-state index is -0.547. The van der Waals surface area contributed by atoms with Crippen LogP contribution in [0.1, 0.15) is 23.3 Å². The van der Waals surface area contributed by atoms with E-state index in [1.54, 1.807) is 36.1 Å². The highest BCUT2D eigenvalue weighted by Crippen LogP contribution is 2.28. The van der Waals surface area contributed by atoms with Crippen LogP contribution in [0.25, 0.3) is 11.3 Å². The standard InChI is InChI=1S/C20H23FN8O/c1-28-20(29-8-4-5-12(22)11-29)16(10-25-28)27-19(30)17-18(23)24-9-15(26-17)13-6-2-3-7-14(13)21/h2-3,6-7,9-10,12H,4-5,8,11,22H2,1H3,(H2,23,24)(H,27,30). The summed E-state index contributed by atoms with van der Waals surface area (Å²) >= 11 is 0. The summed E-state index contributed by atoms with van der Waals surface area (Å²) in [4.78, 5) is 23.3. The van der Waals surface area contributed by atoms with Crippen molar-refractivity contribution in [2.24, 2.45) is 12.8 Å². The van der Waals surface area contributed by atoms with Gasteiger partial charge in [-0.05, 0) is 25.0 Å². The van der Waals surface area contributed by atoms with Crippen molar-refractivity contribution in [1.82, 2.24) is 19.7 Å². The highest BCUT2D eigenvalue weighted by Gasteiger charge is 2.24. The molecule has 3 aromatic rings. The molecule has 1 atom stereocenters. The largest absolute Gasteiger partial charge is 0.382 e. The zero-order chi connectivity index (χ0) is 21.3. The zero-order valence-electron chi connectivity index (χ0n) is 16.5. The number of piperidine rings is 1. The Bertz CT molecular complexity index is 1080. The van der Waals surface area contributed by atoms with Crippen LogP contribution in [0.3, 0.4) is 0 Å². The second-order valence-electron chi connectivity index (χ2n) is 7.28. The van der Waals surface area contributed by atoms with Crippen LogP contribution in [0.15, 0.2) is 36.7 Å². The molecule has 0 bridgehead atoms. The summed E-state index contributed by atoms with van der Waals surface area (Å²) in [5, 5.41) is 7.08. The number of nitrogen functional groups attached to an aromatic ring is 1. The first-order chi connectivity index (χ1) is 14.4. The second kappa shape index (κ2) is 8.07. The summed E-state index contributed by atoms with van der Waals surface area (Å²) in [6.45, 7) is 1.49. The average molecular weight is 410 g/mol. The number of hydrogen-bond donors (Lipinski definition) is 3. The number of halogens is 1. The SMILES string of the molecule is Cn1ncc(NC(=O)c2nc(-c3ccccc3F)cnc2N)c1N1CCCC(N)C1. The number of nitrogens with two attached hydrogens (primary N) is 2. The van der Waals surface area contributed by atoms with Gasteiger partial charge in [0.1, 0.15) is 11.5 Å². The number of hydrogen-bond acceptors (Lipinski definition) is 7. The molecule has 0 saturated carbocycles. The summed E-state index contributed by atoms with van der Waals surface area (Å²) in [5.74, 6) is -0.291. The molecule has 1 saturated heterocycles. The molecule has 1 aromatic carbocycles. The first-order valence-corrected chi connectivity index (χ1v) is 9.65. The molecule has 156 valence electrons. The molecule has 0 spiro atoms. The van der Waals surface area contributed by atoms with E-state index in [4.69, 9.17) is 11.5 Å². The molecule has 1 amide bonds. The van der Waals surface area contributed by atoms with Gasteiger partial charge in [-0.15, -0.1) is 0 Å². The highest BCUT2D eigenvalue weighted by atomic mass is 19.1. The van der Waals surface area contributed by atoms with Crippen LogP contribution in [0.2, 0.25) is 0 Å². The molecule has 1 fully saturated rings. The Morgan fingerprint density at radius 2 is 2.10 bits per heavy atom. The van der Waals surface area contributed by atoms with E-state index in [0.29, 0.717) is 12.2 Å². The number of nitrogens with one attached hydrogen (secondary N) is 1. The molecule has 4 rings (SSSR count). The lowest BCUT2D eigenvalue weighted by Gasteiger charge is -2.32. The van der Waals surface area contributed by atoms with Gasteiger partial charge < -0.3 is 21.7 Å². The van der Waals surface area contributed by atoms with Crippen LogP contribution >= 0.6 is 0 Å². The van der Waals surface area contributed by atoms with Crippen LogP contribution in [0, 0.1) is 5.82 Å². The van der Waals surface area contributed by atoms with E-state index in [-0.39, 0.29) is 28.8 Å². The number of aromatic nitrogens is 4. The minimum absolute atomic E-state index is 0.0435. The van der Waals surface area contributed by atoms with E-state index in [2.05, 4.69) is 25.3 Å². The number of amides is 1. The number of anilines is 3. The first kappa shape index (κ1) is 19.8. The minimum Gasteiger partial charge on any atom is -0.382 e. The molecule has 0 radical (unpaired) electrons. The van der Waals surface area contributed by atoms with E-state index < -0.39 is 11.7 Å². The number of aryl methyl sites for hydroxylation is 1. The number of carbonyl (C=O) groups excluding carboxylic acids is 1. The Morgan fingerprint density at radius 1 is 1.30 bits per heavy atom. The van der Waals surface area contributed by atoms with E-state index in [0.717, 1.165) is 25.2 Å². The van der Waals surface area contributed by atoms with Crippen LogP contribution in [-0.4, -0.2) is 44.8 Å². The molecule has 10 heteroatoms. The Morgan fingerprint density at radius 3 is 2.87 bits per heavy atom. The molecule has 3 heterocycles. The van der Waals surface area contributed by atoms with E-state index in [1.807, 2.05) is 0 Å². The third-order valence-corrected chi connectivity index (χ3v) is 5.08. The van der Waals surface area contributed by atoms with E-state index in [9.17, 15) is 9.18 Å². The molecule has 5 N–H and O–H groups in total. The lowest BCUT2D eigenvalue weighted by molar-refractivity contribution is 0.102. The smallest absolute Gasteiger partial charge is 0.278 e. The molecule has 1 unspecified atom stereocenters. The maximum absolute atomic E-state index is 14.1. The number of rotatable bonds is 4. The average Bonchev–Trinajstić information content (AvgIpc) is 3.09. The van der Waals surface area contributed by atoms with Crippen molar-refractivity contribution in [2.75, 3.05) is 29.0 Å². The van der Waals surface area contributed by atoms with Crippen molar-refractivity contribution in [1.29, 1.82) is 0 Å². The summed E-state index contributed by atoms with van der Waals surface area (Å²) in [7, 11) is 1.80. The molecular formula is C20H23FN8O. The van der Waals surface area contributed by atoms with Gasteiger partial charge >= 0.3 is 0 Å². The van der Waals surface area contributed by atoms with Crippen molar-refractivity contribution >= 4 is 23.2 Å². The molecule has 1 aliphatic rings. The molecule has 2 aromatic heterocycles. The van der Waals surface area contributed by atoms with Crippen molar-refractivity contribution in [3.63, 3.8) is 0 Å². The predicted molar refractivity (Wildman–Crippen MR) is 112 cm³/mol. The van der Waals surface area contributed by atoms with Gasteiger partial charge in [-0.1, -0.05) is 12.1 Å². The third kappa shape index (κ3) is 3.81. The van der Waals surface area contributed by atoms with Crippen LogP contribution in [-0.2, 0) is 7.05 Å². The van der Waals surface area contributed by atoms with Crippen molar-refractivity contribution in [2.45, 2.75) is 18.9 Å². The summed E-state index contributed by atoms with van der Waals surface area (Å²) in [5.41, 5.74) is 12.9. The monoisotopic (exact) mass is 410 g/mol. The predicted octanol–water partition coefficient (Wildman–Crippen LogP) is 1.78. The van der Waals surface area contributed by atoms with Gasteiger partial charge in [0.05, 0.1) is 18.1 Å². The Kier molecular flexibility index (Phi) is 5.32. The van der Waals surface area contributed by atoms with Crippen LogP contribution in [0.5, 0.6) is 0 Å². The normalized spacial score (nSPS) is 16.5. The second-order valence-corrected chi connectivity index (χ2v) is 7.28. The molecule has 1 aliphatic heterocycles. The van der Waals surface area contributed by atoms with Gasteiger partial charge in [0, 0.05) is 31.7 Å². The third-order valence-electron chi connectivity index (χ3n) is 5.08. The van der Waals surface area contributed by atoms with Crippen molar-refractivity contribution in [3.05, 3.63) is 48.2 Å². The van der Waals surface area contributed by atoms with Crippen LogP contribution in [0.4, 0.5) is 21.7 Å². The van der Waals surface area contributed by atoms with Gasteiger partial charge in [-0.2, -0.15) is 5.10 Å². The molecule has 0 aliphatic carbocycles. The van der Waals surface area contributed by atoms with E-state index in [1.165, 1.54) is 12.3 Å². The number of nitrogens with zero attached hydrogens (tertiary/aromatic N) is 5. The van der Waals surface area contributed by atoms with Gasteiger partial charge in [0.25, 0.3) is 5.91 Å². The first-order valence-electron chi connectivity index (χ1n) is 9.65. The number of benzene rings is 1. The van der Waals surface area contributed by atoms with Crippen LogP contribution < -0.4 is 21.7 Å². The summed E-state index contributed by atoms with van der Waals surface area (Å²) in [6.07, 6.45) is 4.83. The topological polar surface area (TPSA) is 128 Å². The fourth-order valence-electron chi connectivity index (χ4n) is 3.64. The highest BCUT2D eigenvalue weighted by molar-refractivity contribution is 6.07. The summed E-state index contributed by atoms with van der Waals surface area (Å²) < 4.78 is 15.8. The lowest BCUT2D eigenvalue weighted by atomic mass is 10.1. The van der Waals surface area contributed by atoms with Crippen molar-refractivity contribution < 1.29 is 9.18 Å². The van der Waals surface area contributed by atoms with Gasteiger partial charge in [0.15, 0.2) is 17.3 Å². The molecular weight excluding hydrogens is 387 g/mol. The maximum Gasteiger partial charge on any atom is 0.278 e. The Balaban J connectivity index is 1.63. The maximum atomic E-state index is 14.1. The fourth-order valence-corrected chi connectivity index (χ4v) is 3.64. The molecule has 30 heavy (non-hydrogen) atoms. The van der Waals surface area contributed by atoms with E-state index >= 15 is 0 Å². The number of carbonyl (C=O) groups is 1. The fraction of sp³-hybridized carbons (Fsp3) is 0.300.